The van der Waals surface area contributed by atoms with Crippen molar-refractivity contribution < 1.29 is 4.79 Å². The topological polar surface area (TPSA) is 52.9 Å². The Morgan fingerprint density at radius 3 is 2.52 bits per heavy atom. The Morgan fingerprint density at radius 1 is 1.43 bits per heavy atom. The van der Waals surface area contributed by atoms with Gasteiger partial charge in [0.1, 0.15) is 0 Å². The van der Waals surface area contributed by atoms with E-state index in [0.717, 1.165) is 28.5 Å². The summed E-state index contributed by atoms with van der Waals surface area (Å²) in [5.74, 6) is -0.141. The molecule has 0 aliphatic carbocycles. The van der Waals surface area contributed by atoms with Crippen LogP contribution in [0.3, 0.4) is 0 Å². The fraction of sp³-hybridized carbons (Fsp3) is 0.412. The van der Waals surface area contributed by atoms with E-state index in [-0.39, 0.29) is 5.91 Å². The number of allylic oxidation sites excluding steroid dienone is 1. The van der Waals surface area contributed by atoms with Gasteiger partial charge in [0.05, 0.1) is 11.6 Å². The smallest absolute Gasteiger partial charge is 0.221 e. The van der Waals surface area contributed by atoms with Gasteiger partial charge in [-0.3, -0.25) is 4.79 Å². The Kier molecular flexibility index (Phi) is 9.40. The van der Waals surface area contributed by atoms with Crippen LogP contribution in [-0.2, 0) is 4.79 Å². The molecule has 0 atom stereocenters. The second kappa shape index (κ2) is 10.2. The highest BCUT2D eigenvalue weighted by Gasteiger charge is 2.10. The van der Waals surface area contributed by atoms with Gasteiger partial charge in [-0.05, 0) is 36.6 Å². The van der Waals surface area contributed by atoms with Crippen molar-refractivity contribution in [1.82, 2.24) is 0 Å². The SMILES string of the molecule is CC.CCC/C=C(/Br)c1cc(C#N)cc(NC(C)=O)c1C. The highest BCUT2D eigenvalue weighted by molar-refractivity contribution is 9.15. The third-order valence-electron chi connectivity index (χ3n) is 2.72. The van der Waals surface area contributed by atoms with Crippen LogP contribution in [0.25, 0.3) is 4.48 Å². The molecule has 1 rings (SSSR count). The number of carbonyl (C=O) groups is 1. The number of hydrogen-bond donors (Lipinski definition) is 1. The number of rotatable bonds is 4. The molecule has 0 unspecified atom stereocenters. The fourth-order valence-electron chi connectivity index (χ4n) is 1.73. The van der Waals surface area contributed by atoms with Crippen LogP contribution < -0.4 is 5.32 Å². The maximum atomic E-state index is 11.2. The van der Waals surface area contributed by atoms with E-state index in [0.29, 0.717) is 11.3 Å². The van der Waals surface area contributed by atoms with Crippen LogP contribution >= 0.6 is 15.9 Å². The van der Waals surface area contributed by atoms with Gasteiger partial charge in [0.25, 0.3) is 0 Å². The van der Waals surface area contributed by atoms with Crippen molar-refractivity contribution in [2.45, 2.75) is 47.5 Å². The van der Waals surface area contributed by atoms with Crippen molar-refractivity contribution in [2.75, 3.05) is 5.32 Å². The quantitative estimate of drug-likeness (QED) is 0.791. The van der Waals surface area contributed by atoms with Gasteiger partial charge in [-0.2, -0.15) is 5.26 Å². The Hall–Kier alpha value is -1.60. The predicted octanol–water partition coefficient (Wildman–Crippen LogP) is 5.39. The normalized spacial score (nSPS) is 10.2. The molecule has 0 fully saturated rings. The lowest BCUT2D eigenvalue weighted by molar-refractivity contribution is -0.114. The minimum atomic E-state index is -0.141. The summed E-state index contributed by atoms with van der Waals surface area (Å²) in [6.45, 7) is 9.50. The maximum absolute atomic E-state index is 11.2. The molecule has 0 saturated heterocycles. The van der Waals surface area contributed by atoms with Crippen LogP contribution in [0.2, 0.25) is 0 Å². The average molecular weight is 351 g/mol. The lowest BCUT2D eigenvalue weighted by atomic mass is 10.0. The number of anilines is 1. The monoisotopic (exact) mass is 350 g/mol. The summed E-state index contributed by atoms with van der Waals surface area (Å²) in [5.41, 5.74) is 3.11. The number of nitrogens with one attached hydrogen (secondary N) is 1. The summed E-state index contributed by atoms with van der Waals surface area (Å²) >= 11 is 3.54. The molecule has 0 aromatic heterocycles. The zero-order valence-electron chi connectivity index (χ0n) is 13.4. The van der Waals surface area contributed by atoms with Crippen molar-refractivity contribution in [1.29, 1.82) is 5.26 Å². The summed E-state index contributed by atoms with van der Waals surface area (Å²) in [5, 5.41) is 11.8. The van der Waals surface area contributed by atoms with E-state index in [1.807, 2.05) is 26.8 Å². The molecule has 0 saturated carbocycles. The Labute approximate surface area is 136 Å². The molecule has 21 heavy (non-hydrogen) atoms. The molecule has 114 valence electrons. The minimum Gasteiger partial charge on any atom is -0.326 e. The molecule has 1 amide bonds. The van der Waals surface area contributed by atoms with E-state index in [4.69, 9.17) is 5.26 Å². The number of nitriles is 1. The van der Waals surface area contributed by atoms with Crippen molar-refractivity contribution in [3.63, 3.8) is 0 Å². The average Bonchev–Trinajstić information content (AvgIpc) is 2.48. The van der Waals surface area contributed by atoms with Crippen LogP contribution in [0.5, 0.6) is 0 Å². The number of unbranched alkanes of at least 4 members (excludes halogenated alkanes) is 1. The number of benzene rings is 1. The number of nitrogens with zero attached hydrogens (tertiary/aromatic N) is 1. The zero-order chi connectivity index (χ0) is 16.4. The van der Waals surface area contributed by atoms with Crippen LogP contribution in [0, 0.1) is 18.3 Å². The summed E-state index contributed by atoms with van der Waals surface area (Å²) in [7, 11) is 0. The van der Waals surface area contributed by atoms with E-state index in [1.165, 1.54) is 6.92 Å². The molecular formula is C17H23BrN2O. The van der Waals surface area contributed by atoms with Crippen LogP contribution in [0.1, 0.15) is 57.2 Å². The van der Waals surface area contributed by atoms with Gasteiger partial charge in [0.15, 0.2) is 0 Å². The molecule has 3 nitrogen and oxygen atoms in total. The molecule has 0 heterocycles. The number of amides is 1. The molecule has 0 aliphatic rings. The summed E-state index contributed by atoms with van der Waals surface area (Å²) in [4.78, 5) is 11.2. The molecule has 0 bridgehead atoms. The third kappa shape index (κ3) is 6.14. The molecule has 0 spiro atoms. The first kappa shape index (κ1) is 19.4. The first-order valence-electron chi connectivity index (χ1n) is 7.18. The first-order valence-corrected chi connectivity index (χ1v) is 7.97. The van der Waals surface area contributed by atoms with Gasteiger partial charge in [0.2, 0.25) is 5.91 Å². The first-order chi connectivity index (χ1) is 9.99. The van der Waals surface area contributed by atoms with Gasteiger partial charge in [-0.25, -0.2) is 0 Å². The largest absolute Gasteiger partial charge is 0.326 e. The Bertz CT molecular complexity index is 557. The molecule has 4 heteroatoms. The van der Waals surface area contributed by atoms with E-state index in [1.54, 1.807) is 6.07 Å². The number of carbonyl (C=O) groups excluding carboxylic acids is 1. The van der Waals surface area contributed by atoms with Gasteiger partial charge >= 0.3 is 0 Å². The van der Waals surface area contributed by atoms with E-state index in [9.17, 15) is 4.79 Å². The van der Waals surface area contributed by atoms with Gasteiger partial charge in [0, 0.05) is 17.1 Å². The van der Waals surface area contributed by atoms with Gasteiger partial charge in [-0.15, -0.1) is 0 Å². The molecule has 1 aromatic rings. The van der Waals surface area contributed by atoms with E-state index < -0.39 is 0 Å². The van der Waals surface area contributed by atoms with Crippen LogP contribution in [0.15, 0.2) is 18.2 Å². The zero-order valence-corrected chi connectivity index (χ0v) is 15.0. The minimum absolute atomic E-state index is 0.141. The lowest BCUT2D eigenvalue weighted by Crippen LogP contribution is -2.08. The summed E-state index contributed by atoms with van der Waals surface area (Å²) < 4.78 is 0.954. The van der Waals surface area contributed by atoms with Crippen molar-refractivity contribution >= 4 is 32.0 Å². The highest BCUT2D eigenvalue weighted by Crippen LogP contribution is 2.31. The Morgan fingerprint density at radius 2 is 2.05 bits per heavy atom. The molecule has 1 aromatic carbocycles. The van der Waals surface area contributed by atoms with Gasteiger partial charge in [-0.1, -0.05) is 49.2 Å². The number of halogens is 1. The van der Waals surface area contributed by atoms with E-state index in [2.05, 4.69) is 40.3 Å². The molecular weight excluding hydrogens is 328 g/mol. The van der Waals surface area contributed by atoms with Crippen LogP contribution in [-0.4, -0.2) is 5.91 Å². The second-order valence-electron chi connectivity index (χ2n) is 4.33. The lowest BCUT2D eigenvalue weighted by Gasteiger charge is -2.12. The number of hydrogen-bond acceptors (Lipinski definition) is 2. The molecule has 0 radical (unpaired) electrons. The fourth-order valence-corrected chi connectivity index (χ4v) is 2.37. The predicted molar refractivity (Wildman–Crippen MR) is 93.4 cm³/mol. The summed E-state index contributed by atoms with van der Waals surface area (Å²) in [6, 6.07) is 5.64. The maximum Gasteiger partial charge on any atom is 0.221 e. The van der Waals surface area contributed by atoms with Crippen molar-refractivity contribution in [3.05, 3.63) is 34.9 Å². The highest BCUT2D eigenvalue weighted by atomic mass is 79.9. The van der Waals surface area contributed by atoms with E-state index >= 15 is 0 Å². The van der Waals surface area contributed by atoms with Crippen molar-refractivity contribution in [3.8, 4) is 6.07 Å². The summed E-state index contributed by atoms with van der Waals surface area (Å²) in [6.07, 6.45) is 4.11. The second-order valence-corrected chi connectivity index (χ2v) is 5.18. The third-order valence-corrected chi connectivity index (χ3v) is 3.47. The van der Waals surface area contributed by atoms with Crippen molar-refractivity contribution in [2.24, 2.45) is 0 Å². The standard InChI is InChI=1S/C15H17BrN2O.C2H6/c1-4-5-6-14(16)13-7-12(9-17)8-15(10(13)2)18-11(3)19;1-2/h6-8H,4-5H2,1-3H3,(H,18,19);1-2H3/b14-6+;. The van der Waals surface area contributed by atoms with Crippen LogP contribution in [0.4, 0.5) is 5.69 Å². The van der Waals surface area contributed by atoms with Gasteiger partial charge < -0.3 is 5.32 Å². The molecule has 1 N–H and O–H groups in total. The Balaban J connectivity index is 0.00000191. The molecule has 0 aliphatic heterocycles.